The molecule has 0 aliphatic heterocycles. The highest BCUT2D eigenvalue weighted by molar-refractivity contribution is 5.94. The lowest BCUT2D eigenvalue weighted by atomic mass is 10.1. The second-order valence-electron chi connectivity index (χ2n) is 3.96. The minimum absolute atomic E-state index is 0.114. The molecular formula is C12H14FN3O. The molecule has 4 nitrogen and oxygen atoms in total. The summed E-state index contributed by atoms with van der Waals surface area (Å²) in [4.78, 5) is 11.4. The van der Waals surface area contributed by atoms with E-state index in [4.69, 9.17) is 8.00 Å². The van der Waals surface area contributed by atoms with Gasteiger partial charge in [-0.05, 0) is 32.0 Å². The number of hydrogen-bond acceptors (Lipinski definition) is 3. The average Bonchev–Trinajstić information content (AvgIpc) is 2.38. The van der Waals surface area contributed by atoms with E-state index in [-0.39, 0.29) is 17.3 Å². The van der Waals surface area contributed by atoms with Crippen LogP contribution >= 0.6 is 0 Å². The van der Waals surface area contributed by atoms with Gasteiger partial charge in [0.1, 0.15) is 11.4 Å². The number of benzene rings is 1. The van der Waals surface area contributed by atoms with Gasteiger partial charge in [-0.15, -0.1) is 0 Å². The highest BCUT2D eigenvalue weighted by atomic mass is 19.1. The Morgan fingerprint density at radius 1 is 1.65 bits per heavy atom. The Balaban J connectivity index is 3.36. The molecule has 0 heterocycles. The molecule has 1 aromatic carbocycles. The Hall–Kier alpha value is -2.09. The third-order valence-electron chi connectivity index (χ3n) is 2.02. The lowest BCUT2D eigenvalue weighted by Gasteiger charge is -2.19. The SMILES string of the molecule is [2H]c1cc(C(=O)NC)c(F)c([2H])c1NC(C)(C)C#N. The lowest BCUT2D eigenvalue weighted by Crippen LogP contribution is -2.28. The Bertz CT molecular complexity index is 567. The predicted octanol–water partition coefficient (Wildman–Crippen LogP) is 1.90. The predicted molar refractivity (Wildman–Crippen MR) is 63.1 cm³/mol. The third kappa shape index (κ3) is 3.18. The van der Waals surface area contributed by atoms with Crippen LogP contribution in [0.3, 0.4) is 0 Å². The van der Waals surface area contributed by atoms with E-state index in [1.54, 1.807) is 0 Å². The standard InChI is InChI=1S/C12H14FN3O/c1-12(2,7-14)16-8-4-5-9(10(13)6-8)11(17)15-3/h4-6,16H,1-3H3,(H,15,17)/i4D,6D. The topological polar surface area (TPSA) is 64.9 Å². The lowest BCUT2D eigenvalue weighted by molar-refractivity contribution is 0.0959. The number of halogens is 1. The molecule has 0 bridgehead atoms. The molecule has 2 N–H and O–H groups in total. The van der Waals surface area contributed by atoms with E-state index >= 15 is 0 Å². The molecule has 0 saturated carbocycles. The van der Waals surface area contributed by atoms with Crippen molar-refractivity contribution in [3.63, 3.8) is 0 Å². The molecule has 1 amide bonds. The Labute approximate surface area is 102 Å². The summed E-state index contributed by atoms with van der Waals surface area (Å²) in [6.45, 7) is 3.08. The number of nitrogens with zero attached hydrogens (tertiary/aromatic N) is 1. The van der Waals surface area contributed by atoms with Gasteiger partial charge in [-0.25, -0.2) is 4.39 Å². The Morgan fingerprint density at radius 3 is 2.82 bits per heavy atom. The molecule has 0 radical (unpaired) electrons. The van der Waals surface area contributed by atoms with Gasteiger partial charge in [-0.3, -0.25) is 4.79 Å². The first-order valence-electron chi connectivity index (χ1n) is 5.94. The first-order chi connectivity index (χ1) is 8.73. The molecular weight excluding hydrogens is 221 g/mol. The summed E-state index contributed by atoms with van der Waals surface area (Å²) in [7, 11) is 1.33. The van der Waals surface area contributed by atoms with Crippen LogP contribution < -0.4 is 10.6 Å². The summed E-state index contributed by atoms with van der Waals surface area (Å²) in [5.41, 5.74) is -1.53. The highest BCUT2D eigenvalue weighted by Crippen LogP contribution is 2.18. The summed E-state index contributed by atoms with van der Waals surface area (Å²) in [6.07, 6.45) is 0. The van der Waals surface area contributed by atoms with E-state index in [0.717, 1.165) is 6.07 Å². The van der Waals surface area contributed by atoms with Crippen molar-refractivity contribution in [1.29, 1.82) is 5.26 Å². The van der Waals surface area contributed by atoms with Crippen LogP contribution in [-0.4, -0.2) is 18.5 Å². The zero-order valence-electron chi connectivity index (χ0n) is 11.8. The number of carbonyl (C=O) groups excluding carboxylic acids is 1. The molecule has 90 valence electrons. The van der Waals surface area contributed by atoms with E-state index in [2.05, 4.69) is 10.6 Å². The summed E-state index contributed by atoms with van der Waals surface area (Å²) < 4.78 is 29.3. The molecule has 17 heavy (non-hydrogen) atoms. The van der Waals surface area contributed by atoms with Crippen molar-refractivity contribution in [1.82, 2.24) is 5.32 Å². The number of amides is 1. The summed E-state index contributed by atoms with van der Waals surface area (Å²) >= 11 is 0. The van der Waals surface area contributed by atoms with E-state index in [0.29, 0.717) is 0 Å². The van der Waals surface area contributed by atoms with Crippen molar-refractivity contribution >= 4 is 11.6 Å². The van der Waals surface area contributed by atoms with Crippen LogP contribution in [0.5, 0.6) is 0 Å². The van der Waals surface area contributed by atoms with Gasteiger partial charge >= 0.3 is 0 Å². The second kappa shape index (κ2) is 4.83. The van der Waals surface area contributed by atoms with Crippen LogP contribution in [0, 0.1) is 17.1 Å². The largest absolute Gasteiger partial charge is 0.368 e. The van der Waals surface area contributed by atoms with E-state index in [1.165, 1.54) is 20.9 Å². The van der Waals surface area contributed by atoms with Crippen LogP contribution in [0.15, 0.2) is 18.2 Å². The maximum atomic E-state index is 13.9. The minimum atomic E-state index is -1.05. The van der Waals surface area contributed by atoms with E-state index < -0.39 is 23.3 Å². The van der Waals surface area contributed by atoms with Gasteiger partial charge in [0.25, 0.3) is 5.91 Å². The number of rotatable bonds is 3. The average molecular weight is 237 g/mol. The normalized spacial score (nSPS) is 12.2. The molecule has 0 unspecified atom stereocenters. The first-order valence-corrected chi connectivity index (χ1v) is 4.94. The van der Waals surface area contributed by atoms with Gasteiger partial charge in [0, 0.05) is 12.7 Å². The smallest absolute Gasteiger partial charge is 0.253 e. The number of anilines is 1. The zero-order chi connectivity index (χ0) is 14.8. The summed E-state index contributed by atoms with van der Waals surface area (Å²) in [5.74, 6) is -1.72. The molecule has 1 aromatic rings. The number of carbonyl (C=O) groups is 1. The fourth-order valence-corrected chi connectivity index (χ4v) is 1.13. The van der Waals surface area contributed by atoms with Crippen molar-refractivity contribution in [3.8, 4) is 6.07 Å². The molecule has 0 aliphatic rings. The highest BCUT2D eigenvalue weighted by Gasteiger charge is 2.17. The minimum Gasteiger partial charge on any atom is -0.368 e. The van der Waals surface area contributed by atoms with Crippen molar-refractivity contribution in [2.24, 2.45) is 0 Å². The van der Waals surface area contributed by atoms with Gasteiger partial charge in [0.2, 0.25) is 0 Å². The monoisotopic (exact) mass is 237 g/mol. The van der Waals surface area contributed by atoms with Crippen molar-refractivity contribution in [2.75, 3.05) is 12.4 Å². The zero-order valence-corrected chi connectivity index (χ0v) is 9.81. The van der Waals surface area contributed by atoms with Gasteiger partial charge in [0.05, 0.1) is 14.4 Å². The van der Waals surface area contributed by atoms with Crippen LogP contribution in [-0.2, 0) is 0 Å². The van der Waals surface area contributed by atoms with Crippen molar-refractivity contribution < 1.29 is 11.9 Å². The van der Waals surface area contributed by atoms with Gasteiger partial charge < -0.3 is 10.6 Å². The fourth-order valence-electron chi connectivity index (χ4n) is 1.13. The molecule has 0 aliphatic carbocycles. The number of hydrogen-bond donors (Lipinski definition) is 2. The molecule has 5 heteroatoms. The second-order valence-corrected chi connectivity index (χ2v) is 3.96. The molecule has 0 aromatic heterocycles. The van der Waals surface area contributed by atoms with Gasteiger partial charge in [0.15, 0.2) is 0 Å². The maximum Gasteiger partial charge on any atom is 0.253 e. The summed E-state index contributed by atoms with van der Waals surface area (Å²) in [6, 6.07) is 2.15. The molecule has 0 fully saturated rings. The van der Waals surface area contributed by atoms with Crippen LogP contribution in [0.2, 0.25) is 0 Å². The summed E-state index contributed by atoms with van der Waals surface area (Å²) in [5, 5.41) is 13.8. The van der Waals surface area contributed by atoms with Crippen molar-refractivity contribution in [2.45, 2.75) is 19.4 Å². The Kier molecular flexibility index (Phi) is 2.87. The first kappa shape index (κ1) is 10.1. The van der Waals surface area contributed by atoms with Crippen LogP contribution in [0.4, 0.5) is 10.1 Å². The fraction of sp³-hybridized carbons (Fsp3) is 0.333. The Morgan fingerprint density at radius 2 is 2.29 bits per heavy atom. The van der Waals surface area contributed by atoms with E-state index in [1.807, 2.05) is 6.07 Å². The molecule has 0 saturated heterocycles. The van der Waals surface area contributed by atoms with E-state index in [9.17, 15) is 9.18 Å². The quantitative estimate of drug-likeness (QED) is 0.843. The molecule has 0 atom stereocenters. The van der Waals surface area contributed by atoms with Gasteiger partial charge in [-0.1, -0.05) is 0 Å². The molecule has 1 rings (SSSR count). The third-order valence-corrected chi connectivity index (χ3v) is 2.02. The number of nitriles is 1. The van der Waals surface area contributed by atoms with Gasteiger partial charge in [-0.2, -0.15) is 5.26 Å². The van der Waals surface area contributed by atoms with Crippen molar-refractivity contribution in [3.05, 3.63) is 29.5 Å². The molecule has 0 spiro atoms. The van der Waals surface area contributed by atoms with Crippen LogP contribution in [0.1, 0.15) is 26.9 Å². The maximum absolute atomic E-state index is 13.9. The number of nitrogens with one attached hydrogen (secondary N) is 2. The van der Waals surface area contributed by atoms with Crippen LogP contribution in [0.25, 0.3) is 0 Å².